The Kier molecular flexibility index (Phi) is 3.52. The molecular formula is C3H9ClN2. The molecule has 0 aliphatic heterocycles. The average molecular weight is 109 g/mol. The van der Waals surface area contributed by atoms with Gasteiger partial charge in [0.15, 0.2) is 0 Å². The van der Waals surface area contributed by atoms with E-state index < -0.39 is 0 Å². The van der Waals surface area contributed by atoms with Crippen molar-refractivity contribution in [1.82, 2.24) is 0 Å². The summed E-state index contributed by atoms with van der Waals surface area (Å²) in [5.41, 5.74) is 10.2. The van der Waals surface area contributed by atoms with E-state index in [9.17, 15) is 0 Å². The third-order valence-corrected chi connectivity index (χ3v) is 0.661. The maximum absolute atomic E-state index is 5.24. The van der Waals surface area contributed by atoms with Crippen molar-refractivity contribution in [3.05, 3.63) is 0 Å². The van der Waals surface area contributed by atoms with E-state index in [1.54, 1.807) is 0 Å². The summed E-state index contributed by atoms with van der Waals surface area (Å²) in [5.74, 6) is 0.553. The van der Waals surface area contributed by atoms with Crippen LogP contribution in [0.15, 0.2) is 0 Å². The van der Waals surface area contributed by atoms with Crippen molar-refractivity contribution >= 4 is 11.6 Å². The van der Waals surface area contributed by atoms with Crippen molar-refractivity contribution in [3.63, 3.8) is 0 Å². The number of alkyl halides is 1. The summed E-state index contributed by atoms with van der Waals surface area (Å²) in [4.78, 5) is 0. The normalized spacial score (nSPS) is 10.0. The monoisotopic (exact) mass is 108 g/mol. The fourth-order valence-corrected chi connectivity index (χ4v) is 0.378. The molecule has 0 rings (SSSR count). The molecule has 2 nitrogen and oxygen atoms in total. The maximum atomic E-state index is 5.24. The van der Waals surface area contributed by atoms with Gasteiger partial charge in [-0.1, -0.05) is 0 Å². The van der Waals surface area contributed by atoms with Gasteiger partial charge in [-0.15, -0.1) is 11.6 Å². The second-order valence-electron chi connectivity index (χ2n) is 1.14. The van der Waals surface area contributed by atoms with Crippen LogP contribution >= 0.6 is 11.6 Å². The molecule has 0 aliphatic carbocycles. The Morgan fingerprint density at radius 2 is 2.00 bits per heavy atom. The van der Waals surface area contributed by atoms with Crippen molar-refractivity contribution < 1.29 is 0 Å². The van der Waals surface area contributed by atoms with Crippen molar-refractivity contribution in [2.75, 3.05) is 5.88 Å². The maximum Gasteiger partial charge on any atom is 0.0532 e. The molecule has 0 atom stereocenters. The van der Waals surface area contributed by atoms with Gasteiger partial charge in [0.1, 0.15) is 0 Å². The molecular weight excluding hydrogens is 99.5 g/mol. The van der Waals surface area contributed by atoms with E-state index in [2.05, 4.69) is 0 Å². The highest BCUT2D eigenvalue weighted by atomic mass is 35.5. The molecule has 0 heterocycles. The van der Waals surface area contributed by atoms with Crippen LogP contribution in [-0.2, 0) is 0 Å². The second kappa shape index (κ2) is 3.40. The van der Waals surface area contributed by atoms with E-state index >= 15 is 0 Å². The molecule has 0 aliphatic rings. The molecule has 3 heteroatoms. The fourth-order valence-electron chi connectivity index (χ4n) is 0.126. The van der Waals surface area contributed by atoms with E-state index in [1.165, 1.54) is 0 Å². The van der Waals surface area contributed by atoms with Crippen LogP contribution in [0.1, 0.15) is 6.42 Å². The van der Waals surface area contributed by atoms with E-state index in [0.717, 1.165) is 0 Å². The van der Waals surface area contributed by atoms with Crippen molar-refractivity contribution in [2.24, 2.45) is 11.5 Å². The molecule has 0 aromatic carbocycles. The third-order valence-electron chi connectivity index (χ3n) is 0.442. The van der Waals surface area contributed by atoms with Crippen LogP contribution in [0, 0.1) is 0 Å². The molecule has 0 saturated carbocycles. The first-order valence-electron chi connectivity index (χ1n) is 1.84. The van der Waals surface area contributed by atoms with Gasteiger partial charge in [-0.3, -0.25) is 0 Å². The Morgan fingerprint density at radius 1 is 1.50 bits per heavy atom. The van der Waals surface area contributed by atoms with Gasteiger partial charge >= 0.3 is 0 Å². The summed E-state index contributed by atoms with van der Waals surface area (Å²) >= 11 is 5.24. The van der Waals surface area contributed by atoms with Crippen molar-refractivity contribution in [3.8, 4) is 0 Å². The predicted molar refractivity (Wildman–Crippen MR) is 27.5 cm³/mol. The number of nitrogens with two attached hydrogens (primary N) is 2. The molecule has 6 heavy (non-hydrogen) atoms. The smallest absolute Gasteiger partial charge is 0.0532 e. The van der Waals surface area contributed by atoms with Gasteiger partial charge in [-0.25, -0.2) is 0 Å². The van der Waals surface area contributed by atoms with Gasteiger partial charge < -0.3 is 11.5 Å². The number of hydrogen-bond donors (Lipinski definition) is 2. The molecule has 0 aromatic heterocycles. The molecule has 0 aromatic rings. The Labute approximate surface area is 42.5 Å². The number of rotatable bonds is 2. The lowest BCUT2D eigenvalue weighted by atomic mass is 10.4. The third kappa shape index (κ3) is 4.21. The van der Waals surface area contributed by atoms with Gasteiger partial charge in [0, 0.05) is 5.88 Å². The molecule has 0 radical (unpaired) electrons. The molecule has 4 N–H and O–H groups in total. The summed E-state index contributed by atoms with van der Waals surface area (Å²) in [6.07, 6.45) is 0.462. The Bertz CT molecular complexity index is 30.0. The summed E-state index contributed by atoms with van der Waals surface area (Å²) in [6.45, 7) is 0. The average Bonchev–Trinajstić information content (AvgIpc) is 1.35. The SMILES string of the molecule is NC(N)CCCl. The Morgan fingerprint density at radius 3 is 2.00 bits per heavy atom. The molecule has 0 fully saturated rings. The summed E-state index contributed by atoms with van der Waals surface area (Å²) < 4.78 is 0. The highest BCUT2D eigenvalue weighted by Crippen LogP contribution is 1.81. The van der Waals surface area contributed by atoms with E-state index in [1.807, 2.05) is 0 Å². The summed E-state index contributed by atoms with van der Waals surface area (Å²) in [5, 5.41) is 0. The van der Waals surface area contributed by atoms with Crippen LogP contribution in [0.3, 0.4) is 0 Å². The van der Waals surface area contributed by atoms with Crippen LogP contribution in [-0.4, -0.2) is 12.0 Å². The van der Waals surface area contributed by atoms with E-state index in [4.69, 9.17) is 23.1 Å². The topological polar surface area (TPSA) is 52.0 Å². The highest BCUT2D eigenvalue weighted by Gasteiger charge is 1.86. The van der Waals surface area contributed by atoms with Gasteiger partial charge in [-0.2, -0.15) is 0 Å². The lowest BCUT2D eigenvalue weighted by Crippen LogP contribution is -2.30. The first-order chi connectivity index (χ1) is 2.77. The Balaban J connectivity index is 2.63. The first kappa shape index (κ1) is 6.21. The quantitative estimate of drug-likeness (QED) is 0.382. The molecule has 0 saturated heterocycles. The van der Waals surface area contributed by atoms with Gasteiger partial charge in [-0.05, 0) is 6.42 Å². The standard InChI is InChI=1S/C3H9ClN2/c4-2-1-3(5)6/h3H,1-2,5-6H2. The zero-order valence-electron chi connectivity index (χ0n) is 3.52. The predicted octanol–water partition coefficient (Wildman–Crippen LogP) is -0.141. The number of hydrogen-bond acceptors (Lipinski definition) is 2. The Hall–Kier alpha value is 0.210. The molecule has 38 valence electrons. The summed E-state index contributed by atoms with van der Waals surface area (Å²) in [7, 11) is 0. The van der Waals surface area contributed by atoms with E-state index in [-0.39, 0.29) is 6.17 Å². The second-order valence-corrected chi connectivity index (χ2v) is 1.52. The minimum atomic E-state index is -0.234. The summed E-state index contributed by atoms with van der Waals surface area (Å²) in [6, 6.07) is 0. The van der Waals surface area contributed by atoms with Crippen molar-refractivity contribution in [1.29, 1.82) is 0 Å². The van der Waals surface area contributed by atoms with E-state index in [0.29, 0.717) is 12.3 Å². The molecule has 0 bridgehead atoms. The van der Waals surface area contributed by atoms with Gasteiger partial charge in [0.25, 0.3) is 0 Å². The lowest BCUT2D eigenvalue weighted by molar-refractivity contribution is 0.686. The zero-order chi connectivity index (χ0) is 4.99. The van der Waals surface area contributed by atoms with Crippen LogP contribution in [0.5, 0.6) is 0 Å². The fraction of sp³-hybridized carbons (Fsp3) is 1.00. The first-order valence-corrected chi connectivity index (χ1v) is 2.38. The lowest BCUT2D eigenvalue weighted by Gasteiger charge is -1.96. The van der Waals surface area contributed by atoms with Gasteiger partial charge in [0.05, 0.1) is 6.17 Å². The largest absolute Gasteiger partial charge is 0.316 e. The molecule has 0 spiro atoms. The minimum absolute atomic E-state index is 0.234. The van der Waals surface area contributed by atoms with Gasteiger partial charge in [0.2, 0.25) is 0 Å². The van der Waals surface area contributed by atoms with Crippen LogP contribution < -0.4 is 11.5 Å². The zero-order valence-corrected chi connectivity index (χ0v) is 4.28. The molecule has 0 amide bonds. The highest BCUT2D eigenvalue weighted by molar-refractivity contribution is 6.17. The number of halogens is 1. The van der Waals surface area contributed by atoms with Crippen LogP contribution in [0.25, 0.3) is 0 Å². The van der Waals surface area contributed by atoms with Crippen LogP contribution in [0.2, 0.25) is 0 Å². The minimum Gasteiger partial charge on any atom is -0.316 e. The van der Waals surface area contributed by atoms with Crippen LogP contribution in [0.4, 0.5) is 0 Å². The molecule has 0 unspecified atom stereocenters. The van der Waals surface area contributed by atoms with Crippen molar-refractivity contribution in [2.45, 2.75) is 12.6 Å².